The fourth-order valence-electron chi connectivity index (χ4n) is 2.52. The second-order valence-corrected chi connectivity index (χ2v) is 5.33. The quantitative estimate of drug-likeness (QED) is 0.775. The monoisotopic (exact) mass is 295 g/mol. The van der Waals surface area contributed by atoms with Crippen molar-refractivity contribution in [2.24, 2.45) is 5.92 Å². The van der Waals surface area contributed by atoms with Crippen molar-refractivity contribution in [3.05, 3.63) is 30.1 Å². The molecule has 1 atom stereocenters. The summed E-state index contributed by atoms with van der Waals surface area (Å²) in [5, 5.41) is 0. The number of amides is 1. The summed E-state index contributed by atoms with van der Waals surface area (Å²) in [5.41, 5.74) is 0. The summed E-state index contributed by atoms with van der Waals surface area (Å²) in [5.74, 6) is 1.07. The van der Waals surface area contributed by atoms with Gasteiger partial charge in [0.15, 0.2) is 0 Å². The summed E-state index contributed by atoms with van der Waals surface area (Å²) in [4.78, 5) is 13.8. The number of carbonyl (C=O) groups is 1. The highest BCUT2D eigenvalue weighted by molar-refractivity contribution is 5.76. The van der Waals surface area contributed by atoms with Crippen molar-refractivity contribution in [3.8, 4) is 5.75 Å². The van der Waals surface area contributed by atoms with Crippen LogP contribution in [-0.4, -0.2) is 44.2 Å². The van der Waals surface area contributed by atoms with E-state index >= 15 is 0 Å². The summed E-state index contributed by atoms with van der Waals surface area (Å²) in [7, 11) is 1.60. The Morgan fingerprint density at radius 3 is 2.81 bits per heavy atom. The van der Waals surface area contributed by atoms with Gasteiger partial charge in [0, 0.05) is 20.2 Å². The molecule has 0 bridgehead atoms. The molecule has 1 aliphatic rings. The number of hydrogen-bond donors (Lipinski definition) is 0. The zero-order valence-corrected chi connectivity index (χ0v) is 12.4. The molecule has 4 nitrogen and oxygen atoms in total. The van der Waals surface area contributed by atoms with Crippen LogP contribution in [0.25, 0.3) is 0 Å². The molecule has 1 aromatic carbocycles. The number of ether oxygens (including phenoxy) is 2. The molecule has 21 heavy (non-hydrogen) atoms. The molecule has 1 fully saturated rings. The summed E-state index contributed by atoms with van der Waals surface area (Å²) < 4.78 is 23.3. The van der Waals surface area contributed by atoms with Crippen molar-refractivity contribution in [1.29, 1.82) is 0 Å². The first-order chi connectivity index (χ1) is 10.2. The molecule has 1 amide bonds. The molecule has 1 aliphatic heterocycles. The lowest BCUT2D eigenvalue weighted by atomic mass is 10.1. The first-order valence-corrected chi connectivity index (χ1v) is 7.34. The number of nitrogens with zero attached hydrogens (tertiary/aromatic N) is 1. The average Bonchev–Trinajstić information content (AvgIpc) is 2.96. The van der Waals surface area contributed by atoms with Gasteiger partial charge in [-0.15, -0.1) is 0 Å². The molecular formula is C16H22FNO3. The molecule has 2 rings (SSSR count). The Morgan fingerprint density at radius 1 is 1.33 bits per heavy atom. The summed E-state index contributed by atoms with van der Waals surface area (Å²) in [6, 6.07) is 6.04. The van der Waals surface area contributed by atoms with Crippen molar-refractivity contribution >= 4 is 5.91 Å². The highest BCUT2D eigenvalue weighted by atomic mass is 19.1. The highest BCUT2D eigenvalue weighted by Crippen LogP contribution is 2.21. The highest BCUT2D eigenvalue weighted by Gasteiger charge is 2.25. The third-order valence-electron chi connectivity index (χ3n) is 3.77. The second-order valence-electron chi connectivity index (χ2n) is 5.33. The van der Waals surface area contributed by atoms with Gasteiger partial charge in [0.05, 0.1) is 19.6 Å². The van der Waals surface area contributed by atoms with E-state index in [2.05, 4.69) is 0 Å². The van der Waals surface area contributed by atoms with Crippen LogP contribution in [0.5, 0.6) is 5.75 Å². The molecule has 0 radical (unpaired) electrons. The van der Waals surface area contributed by atoms with Gasteiger partial charge >= 0.3 is 0 Å². The smallest absolute Gasteiger partial charge is 0.224 e. The molecule has 0 saturated carbocycles. The summed E-state index contributed by atoms with van der Waals surface area (Å²) in [6.45, 7) is 2.70. The second kappa shape index (κ2) is 7.98. The Hall–Kier alpha value is -1.62. The van der Waals surface area contributed by atoms with Crippen LogP contribution in [0.4, 0.5) is 4.39 Å². The van der Waals surface area contributed by atoms with Gasteiger partial charge in [0.2, 0.25) is 5.91 Å². The first-order valence-electron chi connectivity index (χ1n) is 7.34. The fourth-order valence-corrected chi connectivity index (χ4v) is 2.52. The van der Waals surface area contributed by atoms with E-state index in [1.165, 1.54) is 12.1 Å². The number of carbonyl (C=O) groups excluding carboxylic acids is 1. The van der Waals surface area contributed by atoms with Gasteiger partial charge < -0.3 is 14.4 Å². The Bertz CT molecular complexity index is 449. The molecule has 0 aliphatic carbocycles. The predicted octanol–water partition coefficient (Wildman–Crippen LogP) is 2.48. The van der Waals surface area contributed by atoms with Crippen LogP contribution in [0.3, 0.4) is 0 Å². The molecule has 0 aromatic heterocycles. The van der Waals surface area contributed by atoms with Gasteiger partial charge in [-0.1, -0.05) is 0 Å². The van der Waals surface area contributed by atoms with Crippen molar-refractivity contribution in [1.82, 2.24) is 4.90 Å². The van der Waals surface area contributed by atoms with E-state index in [9.17, 15) is 9.18 Å². The number of methoxy groups -OCH3 is 1. The van der Waals surface area contributed by atoms with Crippen LogP contribution < -0.4 is 4.74 Å². The van der Waals surface area contributed by atoms with E-state index in [0.717, 1.165) is 25.9 Å². The Kier molecular flexibility index (Phi) is 5.99. The summed E-state index contributed by atoms with van der Waals surface area (Å²) in [6.07, 6.45) is 2.38. The average molecular weight is 295 g/mol. The zero-order valence-electron chi connectivity index (χ0n) is 12.4. The molecule has 1 unspecified atom stereocenters. The topological polar surface area (TPSA) is 38.8 Å². The fraction of sp³-hybridized carbons (Fsp3) is 0.562. The SMILES string of the molecule is COCCC(=O)N1CCC(CCOc2ccc(F)cc2)C1. The zero-order chi connectivity index (χ0) is 15.1. The largest absolute Gasteiger partial charge is 0.494 e. The normalized spacial score (nSPS) is 18.0. The number of benzene rings is 1. The lowest BCUT2D eigenvalue weighted by Crippen LogP contribution is -2.29. The van der Waals surface area contributed by atoms with Gasteiger partial charge in [-0.3, -0.25) is 4.79 Å². The van der Waals surface area contributed by atoms with Gasteiger partial charge in [-0.25, -0.2) is 4.39 Å². The molecule has 1 aromatic rings. The van der Waals surface area contributed by atoms with Gasteiger partial charge in [0.25, 0.3) is 0 Å². The van der Waals surface area contributed by atoms with E-state index in [1.54, 1.807) is 19.2 Å². The van der Waals surface area contributed by atoms with E-state index < -0.39 is 0 Å². The van der Waals surface area contributed by atoms with Crippen LogP contribution in [0.1, 0.15) is 19.3 Å². The van der Waals surface area contributed by atoms with Gasteiger partial charge in [-0.2, -0.15) is 0 Å². The van der Waals surface area contributed by atoms with Crippen molar-refractivity contribution in [3.63, 3.8) is 0 Å². The van der Waals surface area contributed by atoms with Crippen molar-refractivity contribution in [2.45, 2.75) is 19.3 Å². The number of likely N-dealkylation sites (tertiary alicyclic amines) is 1. The third-order valence-corrected chi connectivity index (χ3v) is 3.77. The van der Waals surface area contributed by atoms with E-state index in [4.69, 9.17) is 9.47 Å². The lowest BCUT2D eigenvalue weighted by Gasteiger charge is -2.16. The van der Waals surface area contributed by atoms with Crippen LogP contribution in [0, 0.1) is 11.7 Å². The van der Waals surface area contributed by atoms with Crippen LogP contribution >= 0.6 is 0 Å². The minimum absolute atomic E-state index is 0.166. The maximum Gasteiger partial charge on any atom is 0.224 e. The predicted molar refractivity (Wildman–Crippen MR) is 77.7 cm³/mol. The molecule has 0 N–H and O–H groups in total. The van der Waals surface area contributed by atoms with Gasteiger partial charge in [0.1, 0.15) is 11.6 Å². The lowest BCUT2D eigenvalue weighted by molar-refractivity contribution is -0.131. The van der Waals surface area contributed by atoms with Gasteiger partial charge in [-0.05, 0) is 43.0 Å². The summed E-state index contributed by atoms with van der Waals surface area (Å²) >= 11 is 0. The number of hydrogen-bond acceptors (Lipinski definition) is 3. The molecule has 0 spiro atoms. The Morgan fingerprint density at radius 2 is 2.10 bits per heavy atom. The molecule has 1 heterocycles. The maximum atomic E-state index is 12.8. The van der Waals surface area contributed by atoms with E-state index in [1.807, 2.05) is 4.90 Å². The molecular weight excluding hydrogens is 273 g/mol. The minimum Gasteiger partial charge on any atom is -0.494 e. The Labute approximate surface area is 124 Å². The van der Waals surface area contributed by atoms with Crippen molar-refractivity contribution in [2.75, 3.05) is 33.4 Å². The molecule has 116 valence electrons. The molecule has 5 heteroatoms. The first kappa shape index (κ1) is 15.8. The van der Waals surface area contributed by atoms with Crippen LogP contribution in [0.2, 0.25) is 0 Å². The number of halogens is 1. The van der Waals surface area contributed by atoms with E-state index in [-0.39, 0.29) is 11.7 Å². The number of rotatable bonds is 7. The molecule has 1 saturated heterocycles. The Balaban J connectivity index is 1.66. The standard InChI is InChI=1S/C16H22FNO3/c1-20-10-8-16(19)18-9-6-13(12-18)7-11-21-15-4-2-14(17)3-5-15/h2-5,13H,6-12H2,1H3. The third kappa shape index (κ3) is 5.01. The minimum atomic E-state index is -0.261. The van der Waals surface area contributed by atoms with Crippen molar-refractivity contribution < 1.29 is 18.7 Å². The van der Waals surface area contributed by atoms with Crippen LogP contribution in [-0.2, 0) is 9.53 Å². The van der Waals surface area contributed by atoms with Crippen LogP contribution in [0.15, 0.2) is 24.3 Å². The maximum absolute atomic E-state index is 12.8. The van der Waals surface area contributed by atoms with E-state index in [0.29, 0.717) is 31.3 Å².